The van der Waals surface area contributed by atoms with Crippen molar-refractivity contribution in [3.05, 3.63) is 72.4 Å². The zero-order valence-corrected chi connectivity index (χ0v) is 27.7. The Kier molecular flexibility index (Phi) is 12.5. The van der Waals surface area contributed by atoms with Gasteiger partial charge in [0.25, 0.3) is 10.0 Å². The minimum absolute atomic E-state index is 0. The summed E-state index contributed by atoms with van der Waals surface area (Å²) in [5, 5.41) is 37.2. The molecule has 0 atom stereocenters. The largest absolute Gasteiger partial charge is 2.00 e. The minimum Gasteiger partial charge on any atom is -0.871 e. The molecule has 13 nitrogen and oxygen atoms in total. The summed E-state index contributed by atoms with van der Waals surface area (Å²) in [5.74, 6) is -0.972. The minimum atomic E-state index is -4.30. The number of nitrogens with zero attached hydrogens (tertiary/aromatic N) is 4. The molecule has 0 spiro atoms. The smallest absolute Gasteiger partial charge is 0.871 e. The normalized spacial score (nSPS) is 11.5. The van der Waals surface area contributed by atoms with Crippen LogP contribution in [0.5, 0.6) is 17.4 Å². The van der Waals surface area contributed by atoms with Crippen molar-refractivity contribution in [1.82, 2.24) is 9.78 Å². The Bertz CT molecular complexity index is 1800. The van der Waals surface area contributed by atoms with Crippen molar-refractivity contribution in [3.8, 4) is 23.1 Å². The summed E-state index contributed by atoms with van der Waals surface area (Å²) < 4.78 is 65.9. The van der Waals surface area contributed by atoms with E-state index in [4.69, 9.17) is 9.29 Å². The van der Waals surface area contributed by atoms with E-state index in [1.165, 1.54) is 37.3 Å². The first-order chi connectivity index (χ1) is 18.9. The van der Waals surface area contributed by atoms with E-state index in [0.717, 1.165) is 22.9 Å². The molecular formula is C24H21CoN5NaO8S3+. The average molecular weight is 686 g/mol. The van der Waals surface area contributed by atoms with Gasteiger partial charge in [-0.1, -0.05) is 23.9 Å². The number of benzene rings is 3. The zero-order valence-electron chi connectivity index (χ0n) is 22.2. The molecule has 0 amide bonds. The maximum atomic E-state index is 13.0. The van der Waals surface area contributed by atoms with Crippen molar-refractivity contribution in [3.63, 3.8) is 0 Å². The van der Waals surface area contributed by atoms with Crippen molar-refractivity contribution in [1.29, 1.82) is 0 Å². The number of hydrogen-bond acceptors (Lipinski definition) is 11. The molecule has 0 unspecified atom stereocenters. The van der Waals surface area contributed by atoms with Crippen molar-refractivity contribution in [2.24, 2.45) is 10.2 Å². The molecule has 0 bridgehead atoms. The first-order valence-corrected chi connectivity index (χ1v) is 15.6. The molecule has 217 valence electrons. The quantitative estimate of drug-likeness (QED) is 0.104. The number of ether oxygens (including phenoxy) is 1. The number of anilines is 1. The molecule has 0 saturated heterocycles. The second-order valence-electron chi connectivity index (χ2n) is 8.02. The van der Waals surface area contributed by atoms with Gasteiger partial charge in [0.05, 0.1) is 34.3 Å². The molecule has 0 aliphatic heterocycles. The maximum absolute atomic E-state index is 13.0. The van der Waals surface area contributed by atoms with Crippen LogP contribution in [-0.2, 0) is 36.0 Å². The number of nitrogens with one attached hydrogen (secondary N) is 1. The molecule has 0 fully saturated rings. The van der Waals surface area contributed by atoms with Gasteiger partial charge >= 0.3 is 55.5 Å². The average Bonchev–Trinajstić information content (AvgIpc) is 3.17. The Morgan fingerprint density at radius 3 is 2.33 bits per heavy atom. The van der Waals surface area contributed by atoms with Gasteiger partial charge in [-0.25, -0.2) is 13.1 Å². The number of hydrogen-bond donors (Lipinski definition) is 2. The van der Waals surface area contributed by atoms with E-state index < -0.39 is 30.8 Å². The molecule has 4 aromatic rings. The van der Waals surface area contributed by atoms with Gasteiger partial charge in [0.15, 0.2) is 0 Å². The Morgan fingerprint density at radius 2 is 1.69 bits per heavy atom. The summed E-state index contributed by atoms with van der Waals surface area (Å²) >= 11 is 0. The SMILES string of the molecule is CCOc1ccccc1NS(=O)(=O)c1ccc([O-])c(N=Nc2c(C)nn(-c3ccc(SS(=O)(=O)O)cc3)c2[O-])c1.[Co+2].[Na+]. The van der Waals surface area contributed by atoms with Gasteiger partial charge in [-0.3, -0.25) is 9.27 Å². The summed E-state index contributed by atoms with van der Waals surface area (Å²) in [4.78, 5) is -0.0406. The van der Waals surface area contributed by atoms with Crippen molar-refractivity contribution < 1.29 is 82.7 Å². The predicted octanol–water partition coefficient (Wildman–Crippen LogP) is 0.839. The molecule has 1 heterocycles. The number of sulfonamides is 1. The van der Waals surface area contributed by atoms with Crippen LogP contribution in [0.15, 0.2) is 86.7 Å². The number of aryl methyl sites for hydroxylation is 1. The Balaban J connectivity index is 0.00000308. The molecular weight excluding hydrogens is 664 g/mol. The molecule has 0 aliphatic carbocycles. The molecule has 3 aromatic carbocycles. The predicted molar refractivity (Wildman–Crippen MR) is 144 cm³/mol. The van der Waals surface area contributed by atoms with Gasteiger partial charge in [0, 0.05) is 21.6 Å². The van der Waals surface area contributed by atoms with Gasteiger partial charge in [-0.15, -0.1) is 5.11 Å². The number of aromatic nitrogens is 2. The zero-order chi connectivity index (χ0) is 29.1. The summed E-state index contributed by atoms with van der Waals surface area (Å²) in [6.45, 7) is 3.58. The van der Waals surface area contributed by atoms with E-state index in [1.54, 1.807) is 25.1 Å². The Hall–Kier alpha value is -2.61. The first-order valence-electron chi connectivity index (χ1n) is 11.4. The van der Waals surface area contributed by atoms with E-state index >= 15 is 0 Å². The summed E-state index contributed by atoms with van der Waals surface area (Å²) in [6, 6.07) is 15.2. The number of rotatable bonds is 10. The van der Waals surface area contributed by atoms with Crippen LogP contribution in [0.4, 0.5) is 17.1 Å². The standard InChI is InChI=1S/C24H23N5O8S3.Co.Na/c1-3-37-22-7-5-4-6-19(22)28-39(32,33)18-12-13-21(30)20(14-18)25-26-23-15(2)27-29(24(23)31)16-8-10-17(11-9-16)38-40(34,35)36;;/h4-14,28,30-31H,3H2,1-2H3,(H,34,35,36);;/q;+2;+1/p-2. The van der Waals surface area contributed by atoms with E-state index in [-0.39, 0.29) is 95.4 Å². The molecule has 4 rings (SSSR count). The third-order valence-electron chi connectivity index (χ3n) is 5.20. The van der Waals surface area contributed by atoms with Crippen LogP contribution in [0, 0.1) is 6.92 Å². The van der Waals surface area contributed by atoms with Crippen LogP contribution < -0.4 is 49.2 Å². The van der Waals surface area contributed by atoms with E-state index in [2.05, 4.69) is 20.0 Å². The van der Waals surface area contributed by atoms with Gasteiger partial charge in [-0.05, 0) is 62.4 Å². The number of azo groups is 1. The fraction of sp³-hybridized carbons (Fsp3) is 0.125. The van der Waals surface area contributed by atoms with E-state index in [1.807, 2.05) is 0 Å². The molecule has 0 aliphatic rings. The Labute approximate surface area is 278 Å². The van der Waals surface area contributed by atoms with Gasteiger partial charge in [0.2, 0.25) is 0 Å². The van der Waals surface area contributed by atoms with Crippen LogP contribution in [0.1, 0.15) is 12.6 Å². The van der Waals surface area contributed by atoms with Gasteiger partial charge in [0.1, 0.15) is 11.4 Å². The van der Waals surface area contributed by atoms with Gasteiger partial charge < -0.3 is 14.9 Å². The third kappa shape index (κ3) is 8.71. The van der Waals surface area contributed by atoms with Crippen LogP contribution in [0.2, 0.25) is 0 Å². The fourth-order valence-electron chi connectivity index (χ4n) is 3.43. The third-order valence-corrected chi connectivity index (χ3v) is 8.45. The van der Waals surface area contributed by atoms with Crippen LogP contribution in [0.3, 0.4) is 0 Å². The maximum Gasteiger partial charge on any atom is 2.00 e. The molecule has 1 aromatic heterocycles. The summed E-state index contributed by atoms with van der Waals surface area (Å²) in [5.41, 5.74) is 0.162. The summed E-state index contributed by atoms with van der Waals surface area (Å²) in [7, 11) is -8.21. The van der Waals surface area contributed by atoms with Crippen molar-refractivity contribution in [2.75, 3.05) is 11.3 Å². The van der Waals surface area contributed by atoms with Crippen LogP contribution in [-0.4, -0.2) is 37.8 Å². The van der Waals surface area contributed by atoms with E-state index in [9.17, 15) is 27.0 Å². The van der Waals surface area contributed by atoms with Crippen LogP contribution >= 0.6 is 10.8 Å². The fourth-order valence-corrected chi connectivity index (χ4v) is 6.08. The van der Waals surface area contributed by atoms with Crippen molar-refractivity contribution in [2.45, 2.75) is 23.6 Å². The van der Waals surface area contributed by atoms with Crippen molar-refractivity contribution >= 4 is 47.0 Å². The monoisotopic (exact) mass is 685 g/mol. The van der Waals surface area contributed by atoms with E-state index in [0.29, 0.717) is 12.4 Å². The molecule has 18 heteroatoms. The molecule has 42 heavy (non-hydrogen) atoms. The second kappa shape index (κ2) is 14.7. The molecule has 2 N–H and O–H groups in total. The number of para-hydroxylation sites is 2. The molecule has 0 saturated carbocycles. The summed E-state index contributed by atoms with van der Waals surface area (Å²) in [6.07, 6.45) is 0. The second-order valence-corrected chi connectivity index (χ2v) is 13.0. The topological polar surface area (TPSA) is 198 Å². The van der Waals surface area contributed by atoms with Crippen LogP contribution in [0.25, 0.3) is 5.69 Å². The van der Waals surface area contributed by atoms with Gasteiger partial charge in [-0.2, -0.15) is 18.6 Å². The molecule has 1 radical (unpaired) electrons. The Morgan fingerprint density at radius 1 is 1.02 bits per heavy atom. The first kappa shape index (κ1) is 35.6.